The molecule has 1 aromatic heterocycles. The predicted octanol–water partition coefficient (Wildman–Crippen LogP) is 1.25. The number of aromatic nitrogens is 3. The average molecular weight is 292 g/mol. The summed E-state index contributed by atoms with van der Waals surface area (Å²) in [5, 5.41) is 17.0. The van der Waals surface area contributed by atoms with Gasteiger partial charge in [0.2, 0.25) is 0 Å². The number of likely N-dealkylation sites (N-methyl/N-ethyl adjacent to an activating group) is 1. The zero-order valence-corrected chi connectivity index (χ0v) is 11.9. The molecule has 1 unspecified atom stereocenters. The number of nitrogens with zero attached hydrogens (tertiary/aromatic N) is 4. The number of aliphatic hydroxyl groups is 1. The molecule has 112 valence electrons. The van der Waals surface area contributed by atoms with Crippen molar-refractivity contribution in [3.8, 4) is 5.69 Å². The summed E-state index contributed by atoms with van der Waals surface area (Å²) < 4.78 is 14.1. The summed E-state index contributed by atoms with van der Waals surface area (Å²) >= 11 is 0. The second-order valence-electron chi connectivity index (χ2n) is 4.58. The van der Waals surface area contributed by atoms with Gasteiger partial charge in [0.25, 0.3) is 5.91 Å². The van der Waals surface area contributed by atoms with Crippen LogP contribution in [0.5, 0.6) is 0 Å². The highest BCUT2D eigenvalue weighted by atomic mass is 19.1. The van der Waals surface area contributed by atoms with Gasteiger partial charge in [0.05, 0.1) is 30.6 Å². The van der Waals surface area contributed by atoms with Crippen LogP contribution in [0.2, 0.25) is 0 Å². The van der Waals surface area contributed by atoms with E-state index in [1.54, 1.807) is 13.8 Å². The predicted molar refractivity (Wildman–Crippen MR) is 74.6 cm³/mol. The summed E-state index contributed by atoms with van der Waals surface area (Å²) in [6, 6.07) is 3.88. The first-order valence-corrected chi connectivity index (χ1v) is 6.67. The lowest BCUT2D eigenvalue weighted by molar-refractivity contribution is 0.0632. The maximum Gasteiger partial charge on any atom is 0.256 e. The fraction of sp³-hybridized carbons (Fsp3) is 0.357. The number of carbonyl (C=O) groups is 1. The number of hydrogen-bond donors (Lipinski definition) is 1. The molecule has 0 saturated carbocycles. The molecular weight excluding hydrogens is 275 g/mol. The van der Waals surface area contributed by atoms with Gasteiger partial charge in [-0.2, -0.15) is 10.2 Å². The lowest BCUT2D eigenvalue weighted by Crippen LogP contribution is -2.41. The lowest BCUT2D eigenvalue weighted by atomic mass is 10.1. The number of benzene rings is 1. The molecule has 1 amide bonds. The molecule has 0 bridgehead atoms. The molecule has 1 atom stereocenters. The van der Waals surface area contributed by atoms with Crippen LogP contribution in [0.3, 0.4) is 0 Å². The van der Waals surface area contributed by atoms with Gasteiger partial charge in [0.1, 0.15) is 5.69 Å². The Morgan fingerprint density at radius 1 is 1.43 bits per heavy atom. The van der Waals surface area contributed by atoms with E-state index in [1.807, 2.05) is 0 Å². The number of carbonyl (C=O) groups excluding carboxylic acids is 1. The van der Waals surface area contributed by atoms with Crippen LogP contribution >= 0.6 is 0 Å². The van der Waals surface area contributed by atoms with Crippen LogP contribution in [0.25, 0.3) is 5.69 Å². The molecule has 1 heterocycles. The molecule has 0 aliphatic heterocycles. The monoisotopic (exact) mass is 292 g/mol. The van der Waals surface area contributed by atoms with Crippen LogP contribution in [-0.4, -0.2) is 50.1 Å². The highest BCUT2D eigenvalue weighted by Gasteiger charge is 2.24. The van der Waals surface area contributed by atoms with Gasteiger partial charge < -0.3 is 10.0 Å². The van der Waals surface area contributed by atoms with Crippen LogP contribution in [-0.2, 0) is 0 Å². The smallest absolute Gasteiger partial charge is 0.256 e. The molecule has 0 aliphatic carbocycles. The molecule has 0 radical (unpaired) electrons. The lowest BCUT2D eigenvalue weighted by Gasteiger charge is -2.27. The fourth-order valence-corrected chi connectivity index (χ4v) is 2.13. The highest BCUT2D eigenvalue weighted by molar-refractivity contribution is 5.98. The molecule has 21 heavy (non-hydrogen) atoms. The second kappa shape index (κ2) is 6.45. The van der Waals surface area contributed by atoms with Crippen molar-refractivity contribution < 1.29 is 14.3 Å². The Balaban J connectivity index is 2.49. The number of amides is 1. The van der Waals surface area contributed by atoms with Crippen LogP contribution < -0.4 is 0 Å². The Kier molecular flexibility index (Phi) is 4.64. The van der Waals surface area contributed by atoms with Crippen molar-refractivity contribution in [2.24, 2.45) is 0 Å². The summed E-state index contributed by atoms with van der Waals surface area (Å²) in [5.74, 6) is -0.949. The van der Waals surface area contributed by atoms with Crippen molar-refractivity contribution in [2.75, 3.05) is 13.2 Å². The summed E-state index contributed by atoms with van der Waals surface area (Å²) in [7, 11) is 0. The van der Waals surface area contributed by atoms with E-state index in [9.17, 15) is 14.3 Å². The van der Waals surface area contributed by atoms with E-state index in [0.29, 0.717) is 6.54 Å². The number of halogens is 1. The molecule has 0 fully saturated rings. The van der Waals surface area contributed by atoms with Gasteiger partial charge in [-0.25, -0.2) is 4.39 Å². The zero-order chi connectivity index (χ0) is 15.4. The fourth-order valence-electron chi connectivity index (χ4n) is 2.13. The van der Waals surface area contributed by atoms with Crippen molar-refractivity contribution in [1.29, 1.82) is 0 Å². The molecule has 7 heteroatoms. The van der Waals surface area contributed by atoms with E-state index in [4.69, 9.17) is 0 Å². The van der Waals surface area contributed by atoms with E-state index in [0.717, 1.165) is 4.80 Å². The molecule has 1 N–H and O–H groups in total. The summed E-state index contributed by atoms with van der Waals surface area (Å²) in [6.45, 7) is 3.77. The van der Waals surface area contributed by atoms with Crippen molar-refractivity contribution in [2.45, 2.75) is 19.9 Å². The largest absolute Gasteiger partial charge is 0.394 e. The van der Waals surface area contributed by atoms with Crippen molar-refractivity contribution in [1.82, 2.24) is 19.9 Å². The van der Waals surface area contributed by atoms with Gasteiger partial charge in [-0.15, -0.1) is 4.80 Å². The first-order valence-electron chi connectivity index (χ1n) is 6.67. The number of aliphatic hydroxyl groups excluding tert-OH is 1. The molecule has 0 saturated heterocycles. The molecule has 2 aromatic rings. The van der Waals surface area contributed by atoms with E-state index in [1.165, 1.54) is 35.5 Å². The first-order chi connectivity index (χ1) is 10.1. The van der Waals surface area contributed by atoms with E-state index in [2.05, 4.69) is 10.2 Å². The second-order valence-corrected chi connectivity index (χ2v) is 4.58. The Bertz CT molecular complexity index is 615. The van der Waals surface area contributed by atoms with Gasteiger partial charge in [-0.05, 0) is 26.0 Å². The average Bonchev–Trinajstić information content (AvgIpc) is 3.01. The minimum Gasteiger partial charge on any atom is -0.394 e. The number of hydrogen-bond acceptors (Lipinski definition) is 4. The minimum atomic E-state index is -0.579. The van der Waals surface area contributed by atoms with Gasteiger partial charge in [0, 0.05) is 6.54 Å². The van der Waals surface area contributed by atoms with Gasteiger partial charge in [0.15, 0.2) is 5.82 Å². The Hall–Kier alpha value is -2.28. The third kappa shape index (κ3) is 2.92. The van der Waals surface area contributed by atoms with Crippen molar-refractivity contribution in [3.05, 3.63) is 42.0 Å². The quantitative estimate of drug-likeness (QED) is 0.900. The normalized spacial score (nSPS) is 12.2. The minimum absolute atomic E-state index is 0.0103. The standard InChI is InChI=1S/C14H17FN4O2/c1-3-18(10(2)9-20)14(21)11-5-4-6-12(15)13(11)19-16-7-8-17-19/h4-8,10,20H,3,9H2,1-2H3. The summed E-state index contributed by atoms with van der Waals surface area (Å²) in [4.78, 5) is 15.2. The Morgan fingerprint density at radius 3 is 2.67 bits per heavy atom. The van der Waals surface area contributed by atoms with Crippen LogP contribution in [0, 0.1) is 5.82 Å². The maximum atomic E-state index is 14.1. The molecule has 2 rings (SSSR count). The molecule has 0 spiro atoms. The summed E-state index contributed by atoms with van der Waals surface area (Å²) in [5.41, 5.74) is 0.171. The summed E-state index contributed by atoms with van der Waals surface area (Å²) in [6.07, 6.45) is 2.82. The maximum absolute atomic E-state index is 14.1. The van der Waals surface area contributed by atoms with E-state index in [-0.39, 0.29) is 29.8 Å². The van der Waals surface area contributed by atoms with E-state index >= 15 is 0 Å². The van der Waals surface area contributed by atoms with Crippen molar-refractivity contribution >= 4 is 5.91 Å². The Morgan fingerprint density at radius 2 is 2.10 bits per heavy atom. The van der Waals surface area contributed by atoms with Gasteiger partial charge in [-0.1, -0.05) is 6.07 Å². The van der Waals surface area contributed by atoms with Crippen LogP contribution in [0.1, 0.15) is 24.2 Å². The molecular formula is C14H17FN4O2. The van der Waals surface area contributed by atoms with Crippen molar-refractivity contribution in [3.63, 3.8) is 0 Å². The van der Waals surface area contributed by atoms with Gasteiger partial charge in [-0.3, -0.25) is 4.79 Å². The molecule has 0 aliphatic rings. The highest BCUT2D eigenvalue weighted by Crippen LogP contribution is 2.20. The van der Waals surface area contributed by atoms with Crippen LogP contribution in [0.4, 0.5) is 4.39 Å². The van der Waals surface area contributed by atoms with Crippen LogP contribution in [0.15, 0.2) is 30.6 Å². The SMILES string of the molecule is CCN(C(=O)c1cccc(F)c1-n1nccn1)C(C)CO. The number of para-hydroxylation sites is 1. The third-order valence-electron chi connectivity index (χ3n) is 3.23. The molecule has 6 nitrogen and oxygen atoms in total. The van der Waals surface area contributed by atoms with E-state index < -0.39 is 5.82 Å². The Labute approximate surface area is 121 Å². The molecule has 1 aromatic carbocycles. The third-order valence-corrected chi connectivity index (χ3v) is 3.23. The topological polar surface area (TPSA) is 71.2 Å². The van der Waals surface area contributed by atoms with Gasteiger partial charge >= 0.3 is 0 Å². The number of rotatable bonds is 5. The zero-order valence-electron chi connectivity index (χ0n) is 11.9. The first kappa shape index (κ1) is 15.1.